The molecular weight excluding hydrogens is 877 g/mol. The van der Waals surface area contributed by atoms with Crippen LogP contribution in [0.2, 0.25) is 0 Å². The van der Waals surface area contributed by atoms with Gasteiger partial charge in [-0.2, -0.15) is 0 Å². The van der Waals surface area contributed by atoms with Crippen molar-refractivity contribution in [1.82, 2.24) is 0 Å². The summed E-state index contributed by atoms with van der Waals surface area (Å²) in [4.78, 5) is 38.3. The number of hydrogen-bond donors (Lipinski definition) is 0. The number of carbonyl (C=O) groups excluding carboxylic acids is 3. The third-order valence-electron chi connectivity index (χ3n) is 13.8. The molecular formula is C65H118O6. The fraction of sp³-hybridized carbons (Fsp3) is 0.831. The molecule has 1 unspecified atom stereocenters. The Kier molecular flexibility index (Phi) is 57.7. The van der Waals surface area contributed by atoms with Gasteiger partial charge in [0.25, 0.3) is 0 Å². The van der Waals surface area contributed by atoms with Gasteiger partial charge >= 0.3 is 17.9 Å². The smallest absolute Gasteiger partial charge is 0.306 e. The summed E-state index contributed by atoms with van der Waals surface area (Å²) >= 11 is 0. The summed E-state index contributed by atoms with van der Waals surface area (Å²) in [5.74, 6) is -0.865. The van der Waals surface area contributed by atoms with Crippen molar-refractivity contribution < 1.29 is 28.6 Å². The van der Waals surface area contributed by atoms with Crippen LogP contribution in [-0.4, -0.2) is 37.2 Å². The summed E-state index contributed by atoms with van der Waals surface area (Å²) < 4.78 is 16.9. The molecule has 0 bridgehead atoms. The van der Waals surface area contributed by atoms with Crippen molar-refractivity contribution in [1.29, 1.82) is 0 Å². The molecule has 0 aliphatic carbocycles. The fourth-order valence-corrected chi connectivity index (χ4v) is 9.11. The standard InChI is InChI=1S/C65H118O6/c1-4-7-10-13-16-19-22-25-28-31-32-35-37-40-43-46-49-52-55-58-64(67)70-61-62(71-65(68)59-56-53-50-47-44-41-38-34-30-27-24-21-18-15-12-9-6-3)60-69-63(66)57-54-51-48-45-42-39-36-33-29-26-23-20-17-14-11-8-5-2/h16,18-19,21-22,25,27,30,62H,4-15,17,20,23-24,26,28-29,31-61H2,1-3H3/b19-16-,21-18-,25-22-,30-27-. The Balaban J connectivity index is 4.35. The molecule has 0 amide bonds. The Morgan fingerprint density at radius 3 is 0.887 bits per heavy atom. The Labute approximate surface area is 441 Å². The van der Waals surface area contributed by atoms with Crippen LogP contribution in [0.25, 0.3) is 0 Å². The van der Waals surface area contributed by atoms with E-state index >= 15 is 0 Å². The van der Waals surface area contributed by atoms with Crippen LogP contribution in [0, 0.1) is 0 Å². The van der Waals surface area contributed by atoms with Crippen molar-refractivity contribution in [2.24, 2.45) is 0 Å². The van der Waals surface area contributed by atoms with Crippen molar-refractivity contribution in [3.05, 3.63) is 48.6 Å². The van der Waals surface area contributed by atoms with Crippen LogP contribution in [0.1, 0.15) is 329 Å². The maximum Gasteiger partial charge on any atom is 0.306 e. The summed E-state index contributed by atoms with van der Waals surface area (Å²) in [5, 5.41) is 0. The molecule has 71 heavy (non-hydrogen) atoms. The van der Waals surface area contributed by atoms with Crippen LogP contribution in [0.15, 0.2) is 48.6 Å². The van der Waals surface area contributed by atoms with E-state index in [9.17, 15) is 14.4 Å². The Morgan fingerprint density at radius 1 is 0.296 bits per heavy atom. The predicted molar refractivity (Wildman–Crippen MR) is 307 cm³/mol. The minimum Gasteiger partial charge on any atom is -0.462 e. The van der Waals surface area contributed by atoms with E-state index in [0.29, 0.717) is 19.3 Å². The van der Waals surface area contributed by atoms with Gasteiger partial charge in [0, 0.05) is 19.3 Å². The molecule has 0 aliphatic rings. The molecule has 6 nitrogen and oxygen atoms in total. The highest BCUT2D eigenvalue weighted by Crippen LogP contribution is 2.17. The van der Waals surface area contributed by atoms with E-state index in [-0.39, 0.29) is 31.1 Å². The first-order valence-corrected chi connectivity index (χ1v) is 31.2. The highest BCUT2D eigenvalue weighted by atomic mass is 16.6. The number of rotatable bonds is 57. The molecule has 0 aromatic rings. The number of hydrogen-bond acceptors (Lipinski definition) is 6. The Bertz CT molecular complexity index is 1230. The molecule has 0 aliphatic heterocycles. The lowest BCUT2D eigenvalue weighted by Crippen LogP contribution is -2.30. The van der Waals surface area contributed by atoms with Gasteiger partial charge in [0.1, 0.15) is 13.2 Å². The number of allylic oxidation sites excluding steroid dienone is 8. The normalized spacial score (nSPS) is 12.3. The zero-order chi connectivity index (χ0) is 51.4. The summed E-state index contributed by atoms with van der Waals surface area (Å²) in [6, 6.07) is 0. The van der Waals surface area contributed by atoms with Crippen molar-refractivity contribution in [3.63, 3.8) is 0 Å². The molecule has 0 N–H and O–H groups in total. The van der Waals surface area contributed by atoms with Gasteiger partial charge in [0.15, 0.2) is 6.10 Å². The summed E-state index contributed by atoms with van der Waals surface area (Å²) in [7, 11) is 0. The average molecular weight is 996 g/mol. The minimum atomic E-state index is -0.777. The number of unbranched alkanes of at least 4 members (excludes halogenated alkanes) is 39. The summed E-state index contributed by atoms with van der Waals surface area (Å²) in [6.45, 7) is 6.63. The van der Waals surface area contributed by atoms with Crippen LogP contribution in [-0.2, 0) is 28.6 Å². The molecule has 414 valence electrons. The topological polar surface area (TPSA) is 78.9 Å². The number of esters is 3. The average Bonchev–Trinajstić information content (AvgIpc) is 3.37. The molecule has 0 radical (unpaired) electrons. The second kappa shape index (κ2) is 59.9. The maximum absolute atomic E-state index is 12.9. The van der Waals surface area contributed by atoms with E-state index in [1.165, 1.54) is 218 Å². The van der Waals surface area contributed by atoms with Gasteiger partial charge in [-0.25, -0.2) is 0 Å². The van der Waals surface area contributed by atoms with Crippen molar-refractivity contribution in [2.75, 3.05) is 13.2 Å². The minimum absolute atomic E-state index is 0.0738. The molecule has 1 atom stereocenters. The highest BCUT2D eigenvalue weighted by molar-refractivity contribution is 5.71. The van der Waals surface area contributed by atoms with Crippen LogP contribution >= 0.6 is 0 Å². The lowest BCUT2D eigenvalue weighted by molar-refractivity contribution is -0.167. The van der Waals surface area contributed by atoms with E-state index in [1.807, 2.05) is 0 Å². The lowest BCUT2D eigenvalue weighted by atomic mass is 10.0. The van der Waals surface area contributed by atoms with Gasteiger partial charge < -0.3 is 14.2 Å². The second-order valence-corrected chi connectivity index (χ2v) is 21.0. The van der Waals surface area contributed by atoms with E-state index < -0.39 is 6.10 Å². The third-order valence-corrected chi connectivity index (χ3v) is 13.8. The Morgan fingerprint density at radius 2 is 0.549 bits per heavy atom. The lowest BCUT2D eigenvalue weighted by Gasteiger charge is -2.18. The van der Waals surface area contributed by atoms with Gasteiger partial charge in [-0.1, -0.05) is 281 Å². The fourth-order valence-electron chi connectivity index (χ4n) is 9.11. The number of ether oxygens (including phenoxy) is 3. The first-order valence-electron chi connectivity index (χ1n) is 31.2. The van der Waals surface area contributed by atoms with Crippen LogP contribution in [0.5, 0.6) is 0 Å². The second-order valence-electron chi connectivity index (χ2n) is 21.0. The largest absolute Gasteiger partial charge is 0.462 e. The van der Waals surface area contributed by atoms with Gasteiger partial charge in [0.05, 0.1) is 0 Å². The quantitative estimate of drug-likeness (QED) is 0.0199. The molecule has 6 heteroatoms. The zero-order valence-corrected chi connectivity index (χ0v) is 47.5. The van der Waals surface area contributed by atoms with Crippen LogP contribution in [0.3, 0.4) is 0 Å². The van der Waals surface area contributed by atoms with E-state index in [4.69, 9.17) is 14.2 Å². The van der Waals surface area contributed by atoms with Crippen LogP contribution in [0.4, 0.5) is 0 Å². The molecule has 0 saturated carbocycles. The van der Waals surface area contributed by atoms with Crippen molar-refractivity contribution >= 4 is 17.9 Å². The van der Waals surface area contributed by atoms with Gasteiger partial charge in [-0.15, -0.1) is 0 Å². The molecule has 0 aromatic heterocycles. The first-order chi connectivity index (χ1) is 35.0. The van der Waals surface area contributed by atoms with Gasteiger partial charge in [0.2, 0.25) is 0 Å². The SMILES string of the molecule is CCCCC/C=C\C=C/CCCCCCCCCCCCC(=O)OCC(COC(=O)CCCCCCCCCCCCCCCCCCC)OC(=O)CCCCCCCCC/C=C\C/C=C\CCCCC. The van der Waals surface area contributed by atoms with Crippen molar-refractivity contribution in [2.45, 2.75) is 335 Å². The Hall–Kier alpha value is -2.63. The molecule has 0 spiro atoms. The molecule has 0 rings (SSSR count). The first kappa shape index (κ1) is 68.4. The maximum atomic E-state index is 12.9. The molecule has 0 heterocycles. The summed E-state index contributed by atoms with van der Waals surface area (Å²) in [5.41, 5.74) is 0. The van der Waals surface area contributed by atoms with E-state index in [2.05, 4.69) is 69.4 Å². The van der Waals surface area contributed by atoms with Gasteiger partial charge in [-0.05, 0) is 77.0 Å². The monoisotopic (exact) mass is 995 g/mol. The van der Waals surface area contributed by atoms with Gasteiger partial charge in [-0.3, -0.25) is 14.4 Å². The molecule has 0 saturated heterocycles. The number of carbonyl (C=O) groups is 3. The van der Waals surface area contributed by atoms with Crippen molar-refractivity contribution in [3.8, 4) is 0 Å². The zero-order valence-electron chi connectivity index (χ0n) is 47.5. The molecule has 0 fully saturated rings. The molecule has 0 aromatic carbocycles. The predicted octanol–water partition coefficient (Wildman–Crippen LogP) is 21.0. The van der Waals surface area contributed by atoms with E-state index in [0.717, 1.165) is 70.6 Å². The van der Waals surface area contributed by atoms with Crippen LogP contribution < -0.4 is 0 Å². The third kappa shape index (κ3) is 58.1. The van der Waals surface area contributed by atoms with E-state index in [1.54, 1.807) is 0 Å². The highest BCUT2D eigenvalue weighted by Gasteiger charge is 2.19. The summed E-state index contributed by atoms with van der Waals surface area (Å²) in [6.07, 6.45) is 73.9.